The van der Waals surface area contributed by atoms with Crippen LogP contribution in [0.2, 0.25) is 0 Å². The molecule has 1 aromatic rings. The lowest BCUT2D eigenvalue weighted by Gasteiger charge is -2.15. The van der Waals surface area contributed by atoms with Crippen molar-refractivity contribution in [2.24, 2.45) is 5.73 Å². The van der Waals surface area contributed by atoms with Crippen LogP contribution in [0.15, 0.2) is 21.9 Å². The van der Waals surface area contributed by atoms with Gasteiger partial charge in [0, 0.05) is 25.2 Å². The summed E-state index contributed by atoms with van der Waals surface area (Å²) in [6.07, 6.45) is 0.389. The lowest BCUT2D eigenvalue weighted by molar-refractivity contribution is -0.0610. The number of aromatic amines is 1. The van der Waals surface area contributed by atoms with Crippen LogP contribution in [-0.4, -0.2) is 46.6 Å². The second-order valence-electron chi connectivity index (χ2n) is 4.26. The summed E-state index contributed by atoms with van der Waals surface area (Å²) >= 11 is 0. The SMILES string of the molecule is NCCO[C@H]1C[C@@H](n2ccc(=O)[nH]c2=O)O[C@@H]1CO. The first-order chi connectivity index (χ1) is 9.15. The van der Waals surface area contributed by atoms with Gasteiger partial charge in [0.15, 0.2) is 0 Å². The molecule has 2 rings (SSSR count). The van der Waals surface area contributed by atoms with Gasteiger partial charge in [0.2, 0.25) is 0 Å². The van der Waals surface area contributed by atoms with Gasteiger partial charge in [0.05, 0.1) is 19.3 Å². The molecule has 1 fully saturated rings. The van der Waals surface area contributed by atoms with Gasteiger partial charge in [-0.1, -0.05) is 0 Å². The van der Waals surface area contributed by atoms with E-state index in [0.29, 0.717) is 19.6 Å². The van der Waals surface area contributed by atoms with Gasteiger partial charge in [0.1, 0.15) is 12.3 Å². The molecule has 1 aliphatic heterocycles. The van der Waals surface area contributed by atoms with E-state index in [1.165, 1.54) is 16.8 Å². The van der Waals surface area contributed by atoms with Crippen molar-refractivity contribution in [3.8, 4) is 0 Å². The molecule has 3 atom stereocenters. The molecule has 0 aliphatic carbocycles. The Bertz CT molecular complexity index is 526. The van der Waals surface area contributed by atoms with Gasteiger partial charge in [-0.2, -0.15) is 0 Å². The molecule has 0 radical (unpaired) electrons. The number of aliphatic hydroxyl groups excluding tert-OH is 1. The maximum absolute atomic E-state index is 11.6. The fraction of sp³-hybridized carbons (Fsp3) is 0.636. The zero-order valence-corrected chi connectivity index (χ0v) is 10.3. The van der Waals surface area contributed by atoms with Crippen molar-refractivity contribution in [1.82, 2.24) is 9.55 Å². The summed E-state index contributed by atoms with van der Waals surface area (Å²) in [4.78, 5) is 24.8. The number of rotatable bonds is 5. The molecule has 4 N–H and O–H groups in total. The molecule has 1 saturated heterocycles. The summed E-state index contributed by atoms with van der Waals surface area (Å²) in [5.41, 5.74) is 4.35. The molecular weight excluding hydrogens is 254 g/mol. The highest BCUT2D eigenvalue weighted by atomic mass is 16.6. The van der Waals surface area contributed by atoms with Crippen molar-refractivity contribution in [1.29, 1.82) is 0 Å². The second kappa shape index (κ2) is 6.11. The maximum Gasteiger partial charge on any atom is 0.330 e. The van der Waals surface area contributed by atoms with Crippen molar-refractivity contribution in [2.75, 3.05) is 19.8 Å². The van der Waals surface area contributed by atoms with Crippen molar-refractivity contribution in [3.05, 3.63) is 33.1 Å². The van der Waals surface area contributed by atoms with E-state index in [1.807, 2.05) is 0 Å². The number of H-pyrrole nitrogens is 1. The fourth-order valence-corrected chi connectivity index (χ4v) is 2.08. The first-order valence-corrected chi connectivity index (χ1v) is 6.05. The largest absolute Gasteiger partial charge is 0.394 e. The van der Waals surface area contributed by atoms with Crippen molar-refractivity contribution >= 4 is 0 Å². The number of hydrogen-bond donors (Lipinski definition) is 3. The van der Waals surface area contributed by atoms with Crippen LogP contribution in [0.4, 0.5) is 0 Å². The number of nitrogens with zero attached hydrogens (tertiary/aromatic N) is 1. The quantitative estimate of drug-likeness (QED) is 0.579. The van der Waals surface area contributed by atoms with Crippen LogP contribution in [0, 0.1) is 0 Å². The van der Waals surface area contributed by atoms with Gasteiger partial charge in [0.25, 0.3) is 5.56 Å². The van der Waals surface area contributed by atoms with Crippen LogP contribution in [0.5, 0.6) is 0 Å². The Morgan fingerprint density at radius 3 is 3.00 bits per heavy atom. The third-order valence-corrected chi connectivity index (χ3v) is 2.97. The molecule has 0 amide bonds. The molecule has 0 bridgehead atoms. The van der Waals surface area contributed by atoms with Gasteiger partial charge in [-0.15, -0.1) is 0 Å². The van der Waals surface area contributed by atoms with Gasteiger partial charge in [-0.3, -0.25) is 14.3 Å². The predicted molar refractivity (Wildman–Crippen MR) is 65.7 cm³/mol. The smallest absolute Gasteiger partial charge is 0.330 e. The summed E-state index contributed by atoms with van der Waals surface area (Å²) in [5.74, 6) is 0. The summed E-state index contributed by atoms with van der Waals surface area (Å²) < 4.78 is 12.3. The first-order valence-electron chi connectivity index (χ1n) is 6.05. The van der Waals surface area contributed by atoms with E-state index >= 15 is 0 Å². The van der Waals surface area contributed by atoms with E-state index < -0.39 is 23.6 Å². The number of ether oxygens (including phenoxy) is 2. The Morgan fingerprint density at radius 1 is 1.58 bits per heavy atom. The Labute approximate surface area is 108 Å². The third kappa shape index (κ3) is 3.10. The van der Waals surface area contributed by atoms with Crippen molar-refractivity contribution < 1.29 is 14.6 Å². The number of nitrogens with two attached hydrogens (primary N) is 1. The zero-order chi connectivity index (χ0) is 13.8. The van der Waals surface area contributed by atoms with E-state index in [1.54, 1.807) is 0 Å². The Hall–Kier alpha value is -1.48. The molecule has 1 aliphatic rings. The molecule has 1 aromatic heterocycles. The van der Waals surface area contributed by atoms with Crippen molar-refractivity contribution in [2.45, 2.75) is 24.9 Å². The van der Waals surface area contributed by atoms with Crippen LogP contribution in [-0.2, 0) is 9.47 Å². The van der Waals surface area contributed by atoms with Gasteiger partial charge in [-0.05, 0) is 0 Å². The number of nitrogens with one attached hydrogen (secondary N) is 1. The van der Waals surface area contributed by atoms with E-state index in [-0.39, 0.29) is 12.7 Å². The lowest BCUT2D eigenvalue weighted by atomic mass is 10.2. The van der Waals surface area contributed by atoms with E-state index in [4.69, 9.17) is 15.2 Å². The summed E-state index contributed by atoms with van der Waals surface area (Å²) in [6.45, 7) is 0.527. The normalized spacial score (nSPS) is 26.7. The minimum absolute atomic E-state index is 0.205. The Morgan fingerprint density at radius 2 is 2.37 bits per heavy atom. The fourth-order valence-electron chi connectivity index (χ4n) is 2.08. The molecule has 0 saturated carbocycles. The number of aromatic nitrogens is 2. The minimum Gasteiger partial charge on any atom is -0.394 e. The second-order valence-corrected chi connectivity index (χ2v) is 4.26. The average Bonchev–Trinajstić information content (AvgIpc) is 2.79. The summed E-state index contributed by atoms with van der Waals surface area (Å²) in [6, 6.07) is 1.24. The number of hydrogen-bond acceptors (Lipinski definition) is 6. The highest BCUT2D eigenvalue weighted by Gasteiger charge is 2.36. The Kier molecular flexibility index (Phi) is 4.48. The topological polar surface area (TPSA) is 120 Å². The summed E-state index contributed by atoms with van der Waals surface area (Å²) in [7, 11) is 0. The molecule has 0 spiro atoms. The van der Waals surface area contributed by atoms with Crippen LogP contribution in [0.25, 0.3) is 0 Å². The highest BCUT2D eigenvalue weighted by molar-refractivity contribution is 4.88. The van der Waals surface area contributed by atoms with Gasteiger partial charge >= 0.3 is 5.69 Å². The number of aliphatic hydroxyl groups is 1. The van der Waals surface area contributed by atoms with E-state index in [0.717, 1.165) is 0 Å². The summed E-state index contributed by atoms with van der Waals surface area (Å²) in [5, 5.41) is 9.23. The zero-order valence-electron chi connectivity index (χ0n) is 10.3. The van der Waals surface area contributed by atoms with Gasteiger partial charge in [-0.25, -0.2) is 4.79 Å². The molecule has 8 heteroatoms. The molecule has 0 unspecified atom stereocenters. The van der Waals surface area contributed by atoms with Crippen LogP contribution in [0.1, 0.15) is 12.6 Å². The van der Waals surface area contributed by atoms with Crippen LogP contribution in [0.3, 0.4) is 0 Å². The van der Waals surface area contributed by atoms with E-state index in [9.17, 15) is 14.7 Å². The highest BCUT2D eigenvalue weighted by Crippen LogP contribution is 2.29. The molecule has 0 aromatic carbocycles. The van der Waals surface area contributed by atoms with Crippen LogP contribution >= 0.6 is 0 Å². The van der Waals surface area contributed by atoms with Crippen LogP contribution < -0.4 is 17.0 Å². The van der Waals surface area contributed by atoms with E-state index in [2.05, 4.69) is 4.98 Å². The van der Waals surface area contributed by atoms with Crippen molar-refractivity contribution in [3.63, 3.8) is 0 Å². The average molecular weight is 271 g/mol. The molecule has 19 heavy (non-hydrogen) atoms. The Balaban J connectivity index is 2.14. The lowest BCUT2D eigenvalue weighted by Crippen LogP contribution is -2.31. The molecule has 2 heterocycles. The predicted octanol–water partition coefficient (Wildman–Crippen LogP) is -1.84. The molecular formula is C11H17N3O5. The maximum atomic E-state index is 11.6. The van der Waals surface area contributed by atoms with Gasteiger partial charge < -0.3 is 20.3 Å². The molecule has 106 valence electrons. The molecule has 8 nitrogen and oxygen atoms in total. The first kappa shape index (κ1) is 13.9. The monoisotopic (exact) mass is 271 g/mol. The third-order valence-electron chi connectivity index (χ3n) is 2.97. The standard InChI is InChI=1S/C11H17N3O5/c12-2-4-18-7-5-10(19-8(7)6-15)14-3-1-9(16)13-11(14)17/h1,3,7-8,10,15H,2,4-6,12H2,(H,13,16,17)/t7-,8+,10-/m0/s1. The minimum atomic E-state index is -0.565.